The van der Waals surface area contributed by atoms with E-state index < -0.39 is 0 Å². The van der Waals surface area contributed by atoms with Gasteiger partial charge >= 0.3 is 0 Å². The van der Waals surface area contributed by atoms with Gasteiger partial charge < -0.3 is 10.6 Å². The van der Waals surface area contributed by atoms with Crippen molar-refractivity contribution < 1.29 is 0 Å². The SMILES string of the molecule is CCC(CC)N(CC(C)C)c1c(CN)c(C)nn1C. The zero-order chi connectivity index (χ0) is 14.6. The number of nitrogens with zero attached hydrogens (tertiary/aromatic N) is 3. The van der Waals surface area contributed by atoms with Crippen molar-refractivity contribution in [3.8, 4) is 0 Å². The van der Waals surface area contributed by atoms with Crippen LogP contribution in [0.3, 0.4) is 0 Å². The number of nitrogens with two attached hydrogens (primary N) is 1. The Morgan fingerprint density at radius 2 is 1.84 bits per heavy atom. The van der Waals surface area contributed by atoms with Gasteiger partial charge in [-0.05, 0) is 25.7 Å². The van der Waals surface area contributed by atoms with Gasteiger partial charge in [-0.1, -0.05) is 27.7 Å². The average Bonchev–Trinajstić information content (AvgIpc) is 2.63. The first kappa shape index (κ1) is 16.0. The zero-order valence-electron chi connectivity index (χ0n) is 13.4. The van der Waals surface area contributed by atoms with Gasteiger partial charge in [0, 0.05) is 31.7 Å². The van der Waals surface area contributed by atoms with Crippen LogP contribution in [0.25, 0.3) is 0 Å². The number of hydrogen-bond acceptors (Lipinski definition) is 3. The van der Waals surface area contributed by atoms with Gasteiger partial charge in [0.1, 0.15) is 5.82 Å². The van der Waals surface area contributed by atoms with Crippen molar-refractivity contribution >= 4 is 5.82 Å². The first-order valence-electron chi connectivity index (χ1n) is 7.45. The predicted molar refractivity (Wildman–Crippen MR) is 82.4 cm³/mol. The van der Waals surface area contributed by atoms with E-state index >= 15 is 0 Å². The van der Waals surface area contributed by atoms with Gasteiger partial charge in [-0.3, -0.25) is 4.68 Å². The van der Waals surface area contributed by atoms with Crippen molar-refractivity contribution in [1.82, 2.24) is 9.78 Å². The third kappa shape index (κ3) is 3.50. The van der Waals surface area contributed by atoms with E-state index in [1.807, 2.05) is 18.7 Å². The van der Waals surface area contributed by atoms with Gasteiger partial charge in [0.25, 0.3) is 0 Å². The highest BCUT2D eigenvalue weighted by Gasteiger charge is 2.24. The standard InChI is InChI=1S/C15H30N4/c1-7-13(8-2)19(10-11(3)4)15-14(9-16)12(5)17-18(15)6/h11,13H,7-10,16H2,1-6H3. The molecule has 0 amide bonds. The summed E-state index contributed by atoms with van der Waals surface area (Å²) in [7, 11) is 2.02. The zero-order valence-corrected chi connectivity index (χ0v) is 13.4. The lowest BCUT2D eigenvalue weighted by Gasteiger charge is -2.34. The quantitative estimate of drug-likeness (QED) is 0.825. The van der Waals surface area contributed by atoms with Crippen LogP contribution in [-0.4, -0.2) is 22.4 Å². The van der Waals surface area contributed by atoms with Crippen LogP contribution in [0, 0.1) is 12.8 Å². The Hall–Kier alpha value is -1.03. The summed E-state index contributed by atoms with van der Waals surface area (Å²) in [6.45, 7) is 12.7. The average molecular weight is 266 g/mol. The highest BCUT2D eigenvalue weighted by molar-refractivity contribution is 5.51. The summed E-state index contributed by atoms with van der Waals surface area (Å²) < 4.78 is 2.00. The fourth-order valence-corrected chi connectivity index (χ4v) is 2.82. The molecular weight excluding hydrogens is 236 g/mol. The molecule has 1 heterocycles. The Labute approximate surface area is 118 Å². The van der Waals surface area contributed by atoms with Crippen LogP contribution in [0.15, 0.2) is 0 Å². The number of aryl methyl sites for hydroxylation is 2. The number of aromatic nitrogens is 2. The lowest BCUT2D eigenvalue weighted by Crippen LogP contribution is -2.39. The van der Waals surface area contributed by atoms with E-state index in [4.69, 9.17) is 5.73 Å². The smallest absolute Gasteiger partial charge is 0.131 e. The maximum absolute atomic E-state index is 5.94. The third-order valence-corrected chi connectivity index (χ3v) is 3.73. The Morgan fingerprint density at radius 1 is 1.26 bits per heavy atom. The monoisotopic (exact) mass is 266 g/mol. The Bertz CT molecular complexity index is 391. The summed E-state index contributed by atoms with van der Waals surface area (Å²) in [6, 6.07) is 0.558. The van der Waals surface area contributed by atoms with Crippen molar-refractivity contribution in [3.05, 3.63) is 11.3 Å². The molecule has 0 fully saturated rings. The Kier molecular flexibility index (Phi) is 5.85. The minimum absolute atomic E-state index is 0.558. The molecule has 1 aromatic heterocycles. The van der Waals surface area contributed by atoms with E-state index in [9.17, 15) is 0 Å². The van der Waals surface area contributed by atoms with E-state index in [0.29, 0.717) is 18.5 Å². The molecule has 1 aromatic rings. The summed E-state index contributed by atoms with van der Waals surface area (Å²) >= 11 is 0. The summed E-state index contributed by atoms with van der Waals surface area (Å²) in [5.41, 5.74) is 8.18. The van der Waals surface area contributed by atoms with Crippen LogP contribution >= 0.6 is 0 Å². The second kappa shape index (κ2) is 6.94. The highest BCUT2D eigenvalue weighted by Crippen LogP contribution is 2.27. The number of anilines is 1. The van der Waals surface area contributed by atoms with Crippen molar-refractivity contribution in [1.29, 1.82) is 0 Å². The van der Waals surface area contributed by atoms with Crippen molar-refractivity contribution in [2.45, 2.75) is 60.0 Å². The van der Waals surface area contributed by atoms with Gasteiger partial charge in [0.05, 0.1) is 5.69 Å². The first-order valence-corrected chi connectivity index (χ1v) is 7.45. The predicted octanol–water partition coefficient (Wildman–Crippen LogP) is 2.84. The van der Waals surface area contributed by atoms with Crippen LogP contribution < -0.4 is 10.6 Å². The molecule has 0 saturated heterocycles. The van der Waals surface area contributed by atoms with Crippen molar-refractivity contribution in [2.24, 2.45) is 18.7 Å². The van der Waals surface area contributed by atoms with Gasteiger partial charge in [-0.15, -0.1) is 0 Å². The molecule has 19 heavy (non-hydrogen) atoms. The fourth-order valence-electron chi connectivity index (χ4n) is 2.82. The minimum atomic E-state index is 0.558. The van der Waals surface area contributed by atoms with E-state index in [1.165, 1.54) is 11.4 Å². The Balaban J connectivity index is 3.23. The van der Waals surface area contributed by atoms with Crippen LogP contribution in [-0.2, 0) is 13.6 Å². The molecule has 0 aromatic carbocycles. The first-order chi connectivity index (χ1) is 8.96. The van der Waals surface area contributed by atoms with Crippen LogP contribution in [0.1, 0.15) is 51.8 Å². The summed E-state index contributed by atoms with van der Waals surface area (Å²) in [4.78, 5) is 2.51. The van der Waals surface area contributed by atoms with E-state index in [1.54, 1.807) is 0 Å². The summed E-state index contributed by atoms with van der Waals surface area (Å²) in [5.74, 6) is 1.84. The normalized spacial score (nSPS) is 11.6. The lowest BCUT2D eigenvalue weighted by molar-refractivity contribution is 0.493. The summed E-state index contributed by atoms with van der Waals surface area (Å²) in [5, 5.41) is 4.56. The maximum atomic E-state index is 5.94. The minimum Gasteiger partial charge on any atom is -0.353 e. The molecule has 1 rings (SSSR count). The molecule has 4 heteroatoms. The molecule has 0 aliphatic heterocycles. The topological polar surface area (TPSA) is 47.1 Å². The number of rotatable bonds is 7. The van der Waals surface area contributed by atoms with Gasteiger partial charge in [0.15, 0.2) is 0 Å². The molecule has 0 unspecified atom stereocenters. The van der Waals surface area contributed by atoms with Gasteiger partial charge in [-0.2, -0.15) is 5.10 Å². The molecule has 110 valence electrons. The van der Waals surface area contributed by atoms with Crippen molar-refractivity contribution in [2.75, 3.05) is 11.4 Å². The molecule has 4 nitrogen and oxygen atoms in total. The number of hydrogen-bond donors (Lipinski definition) is 1. The molecule has 0 saturated carbocycles. The summed E-state index contributed by atoms with van der Waals surface area (Å²) in [6.07, 6.45) is 2.30. The van der Waals surface area contributed by atoms with E-state index in [-0.39, 0.29) is 0 Å². The van der Waals surface area contributed by atoms with Crippen molar-refractivity contribution in [3.63, 3.8) is 0 Å². The van der Waals surface area contributed by atoms with Crippen LogP contribution in [0.2, 0.25) is 0 Å². The van der Waals surface area contributed by atoms with E-state index in [0.717, 1.165) is 25.1 Å². The second-order valence-corrected chi connectivity index (χ2v) is 5.73. The van der Waals surface area contributed by atoms with Gasteiger partial charge in [0.2, 0.25) is 0 Å². The van der Waals surface area contributed by atoms with Crippen LogP contribution in [0.4, 0.5) is 5.82 Å². The highest BCUT2D eigenvalue weighted by atomic mass is 15.4. The van der Waals surface area contributed by atoms with Crippen LogP contribution in [0.5, 0.6) is 0 Å². The molecule has 2 N–H and O–H groups in total. The maximum Gasteiger partial charge on any atom is 0.131 e. The third-order valence-electron chi connectivity index (χ3n) is 3.73. The molecule has 0 bridgehead atoms. The van der Waals surface area contributed by atoms with Gasteiger partial charge in [-0.25, -0.2) is 0 Å². The lowest BCUT2D eigenvalue weighted by atomic mass is 10.1. The molecule has 0 radical (unpaired) electrons. The largest absolute Gasteiger partial charge is 0.353 e. The molecular formula is C15H30N4. The molecule has 0 aliphatic carbocycles. The molecule has 0 spiro atoms. The van der Waals surface area contributed by atoms with E-state index in [2.05, 4.69) is 37.7 Å². The molecule has 0 atom stereocenters. The fraction of sp³-hybridized carbons (Fsp3) is 0.800. The second-order valence-electron chi connectivity index (χ2n) is 5.73. The molecule has 0 aliphatic rings. The Morgan fingerprint density at radius 3 is 2.26 bits per heavy atom.